The lowest BCUT2D eigenvalue weighted by atomic mass is 10.0. The first kappa shape index (κ1) is 18.1. The van der Waals surface area contributed by atoms with E-state index in [-0.39, 0.29) is 24.6 Å². The van der Waals surface area contributed by atoms with Crippen LogP contribution in [0.1, 0.15) is 38.2 Å². The Morgan fingerprint density at radius 2 is 1.90 bits per heavy atom. The van der Waals surface area contributed by atoms with E-state index in [4.69, 9.17) is 28.3 Å². The summed E-state index contributed by atoms with van der Waals surface area (Å²) in [5.41, 5.74) is 0.842. The van der Waals surface area contributed by atoms with Crippen LogP contribution in [-0.2, 0) is 0 Å². The van der Waals surface area contributed by atoms with Crippen molar-refractivity contribution in [2.24, 2.45) is 0 Å². The maximum atomic E-state index is 11.8. The molecule has 1 rings (SSSR count). The summed E-state index contributed by atoms with van der Waals surface area (Å²) in [5.74, 6) is 0.0182. The van der Waals surface area contributed by atoms with Crippen LogP contribution in [0.25, 0.3) is 0 Å². The van der Waals surface area contributed by atoms with Crippen LogP contribution in [0.2, 0.25) is 10.0 Å². The summed E-state index contributed by atoms with van der Waals surface area (Å²) in [6.45, 7) is 4.45. The molecule has 0 bridgehead atoms. The minimum Gasteiger partial charge on any atom is -0.396 e. The molecule has 0 fully saturated rings. The third-order valence-electron chi connectivity index (χ3n) is 3.23. The first-order valence-electron chi connectivity index (χ1n) is 7.04. The van der Waals surface area contributed by atoms with Crippen LogP contribution in [0, 0.1) is 0 Å². The Kier molecular flexibility index (Phi) is 7.86. The maximum Gasteiger partial charge on any atom is 0.315 e. The average molecular weight is 333 g/mol. The second-order valence-corrected chi connectivity index (χ2v) is 5.97. The quantitative estimate of drug-likeness (QED) is 0.714. The van der Waals surface area contributed by atoms with E-state index in [0.717, 1.165) is 12.0 Å². The van der Waals surface area contributed by atoms with Crippen molar-refractivity contribution in [3.8, 4) is 0 Å². The molecule has 21 heavy (non-hydrogen) atoms. The molecule has 1 aromatic carbocycles. The minimum atomic E-state index is -0.226. The zero-order chi connectivity index (χ0) is 15.8. The monoisotopic (exact) mass is 332 g/mol. The molecule has 6 heteroatoms. The molecule has 0 saturated carbocycles. The van der Waals surface area contributed by atoms with Crippen molar-refractivity contribution in [3.63, 3.8) is 0 Å². The molecule has 0 aliphatic rings. The second-order valence-electron chi connectivity index (χ2n) is 5.16. The van der Waals surface area contributed by atoms with Gasteiger partial charge in [-0.1, -0.05) is 36.2 Å². The zero-order valence-corrected chi connectivity index (χ0v) is 13.8. The number of aliphatic hydroxyl groups is 1. The van der Waals surface area contributed by atoms with Crippen molar-refractivity contribution in [1.29, 1.82) is 0 Å². The van der Waals surface area contributed by atoms with Crippen molar-refractivity contribution in [2.45, 2.75) is 38.6 Å². The Bertz CT molecular complexity index is 449. The van der Waals surface area contributed by atoms with Gasteiger partial charge < -0.3 is 15.7 Å². The molecule has 2 atom stereocenters. The van der Waals surface area contributed by atoms with E-state index < -0.39 is 0 Å². The smallest absolute Gasteiger partial charge is 0.315 e. The fourth-order valence-corrected chi connectivity index (χ4v) is 2.84. The molecule has 0 aromatic heterocycles. The molecular weight excluding hydrogens is 311 g/mol. The topological polar surface area (TPSA) is 61.4 Å². The number of hydrogen-bond donors (Lipinski definition) is 3. The van der Waals surface area contributed by atoms with E-state index in [1.165, 1.54) is 0 Å². The van der Waals surface area contributed by atoms with Crippen molar-refractivity contribution in [1.82, 2.24) is 10.6 Å². The summed E-state index contributed by atoms with van der Waals surface area (Å²) in [4.78, 5) is 11.8. The lowest BCUT2D eigenvalue weighted by molar-refractivity contribution is 0.234. The van der Waals surface area contributed by atoms with Gasteiger partial charge in [0.1, 0.15) is 0 Å². The molecule has 0 radical (unpaired) electrons. The molecule has 0 aliphatic heterocycles. The fraction of sp³-hybridized carbons (Fsp3) is 0.533. The summed E-state index contributed by atoms with van der Waals surface area (Å²) >= 11 is 12.3. The van der Waals surface area contributed by atoms with Crippen molar-refractivity contribution in [2.75, 3.05) is 13.2 Å². The van der Waals surface area contributed by atoms with Gasteiger partial charge in [-0.2, -0.15) is 0 Å². The van der Waals surface area contributed by atoms with Gasteiger partial charge >= 0.3 is 6.03 Å². The van der Waals surface area contributed by atoms with E-state index in [1.807, 2.05) is 13.8 Å². The molecule has 4 nitrogen and oxygen atoms in total. The maximum absolute atomic E-state index is 11.8. The Morgan fingerprint density at radius 3 is 2.48 bits per heavy atom. The third kappa shape index (κ3) is 6.12. The van der Waals surface area contributed by atoms with E-state index in [9.17, 15) is 4.79 Å². The van der Waals surface area contributed by atoms with Gasteiger partial charge in [-0.3, -0.25) is 0 Å². The van der Waals surface area contributed by atoms with E-state index in [2.05, 4.69) is 10.6 Å². The summed E-state index contributed by atoms with van der Waals surface area (Å²) < 4.78 is 0. The summed E-state index contributed by atoms with van der Waals surface area (Å²) in [5, 5.41) is 15.6. The second kappa shape index (κ2) is 9.13. The average Bonchev–Trinajstić information content (AvgIpc) is 2.42. The van der Waals surface area contributed by atoms with Crippen LogP contribution in [0.5, 0.6) is 0 Å². The normalized spacial score (nSPS) is 13.6. The number of amides is 2. The largest absolute Gasteiger partial charge is 0.396 e. The van der Waals surface area contributed by atoms with Crippen molar-refractivity contribution >= 4 is 29.2 Å². The number of halogens is 2. The van der Waals surface area contributed by atoms with E-state index in [1.54, 1.807) is 18.2 Å². The van der Waals surface area contributed by atoms with E-state index >= 15 is 0 Å². The van der Waals surface area contributed by atoms with Gasteiger partial charge in [-0.15, -0.1) is 0 Å². The lowest BCUT2D eigenvalue weighted by Gasteiger charge is -2.18. The number of urea groups is 1. The number of carbonyl (C=O) groups excluding carboxylic acids is 1. The van der Waals surface area contributed by atoms with Crippen LogP contribution in [0.3, 0.4) is 0 Å². The number of aliphatic hydroxyl groups excluding tert-OH is 1. The van der Waals surface area contributed by atoms with Crippen LogP contribution >= 0.6 is 23.2 Å². The Morgan fingerprint density at radius 1 is 1.29 bits per heavy atom. The number of benzene rings is 1. The first-order valence-corrected chi connectivity index (χ1v) is 7.80. The zero-order valence-electron chi connectivity index (χ0n) is 12.3. The number of carbonyl (C=O) groups is 1. The molecule has 0 spiro atoms. The SMILES string of the molecule is CC(CCCO)NC(=O)NCC(C)c1c(Cl)cccc1Cl. The van der Waals surface area contributed by atoms with Gasteiger partial charge in [0, 0.05) is 35.2 Å². The van der Waals surface area contributed by atoms with Crippen molar-refractivity contribution < 1.29 is 9.90 Å². The molecular formula is C15H22Cl2N2O2. The predicted molar refractivity (Wildman–Crippen MR) is 87.2 cm³/mol. The molecule has 0 heterocycles. The highest BCUT2D eigenvalue weighted by Gasteiger charge is 2.15. The summed E-state index contributed by atoms with van der Waals surface area (Å²) in [6.07, 6.45) is 1.42. The summed E-state index contributed by atoms with van der Waals surface area (Å²) in [7, 11) is 0. The molecule has 2 amide bonds. The molecule has 2 unspecified atom stereocenters. The third-order valence-corrected chi connectivity index (χ3v) is 3.89. The van der Waals surface area contributed by atoms with Crippen LogP contribution in [0.4, 0.5) is 4.79 Å². The van der Waals surface area contributed by atoms with Gasteiger partial charge in [0.2, 0.25) is 0 Å². The highest BCUT2D eigenvalue weighted by Crippen LogP contribution is 2.30. The molecule has 0 saturated heterocycles. The van der Waals surface area contributed by atoms with Gasteiger partial charge in [0.25, 0.3) is 0 Å². The molecule has 1 aromatic rings. The van der Waals surface area contributed by atoms with Crippen LogP contribution < -0.4 is 10.6 Å². The standard InChI is InChI=1S/C15H22Cl2N2O2/c1-10(14-12(16)6-3-7-13(14)17)9-18-15(21)19-11(2)5-4-8-20/h3,6-7,10-11,20H,4-5,8-9H2,1-2H3,(H2,18,19,21). The minimum absolute atomic E-state index is 0.0182. The summed E-state index contributed by atoms with van der Waals surface area (Å²) in [6, 6.07) is 5.17. The predicted octanol–water partition coefficient (Wildman–Crippen LogP) is 3.56. The van der Waals surface area contributed by atoms with Gasteiger partial charge in [0.05, 0.1) is 0 Å². The first-order chi connectivity index (χ1) is 9.95. The highest BCUT2D eigenvalue weighted by atomic mass is 35.5. The highest BCUT2D eigenvalue weighted by molar-refractivity contribution is 6.36. The fourth-order valence-electron chi connectivity index (χ4n) is 2.07. The Hall–Kier alpha value is -0.970. The number of hydrogen-bond acceptors (Lipinski definition) is 2. The van der Waals surface area contributed by atoms with Crippen molar-refractivity contribution in [3.05, 3.63) is 33.8 Å². The molecule has 118 valence electrons. The number of nitrogens with one attached hydrogen (secondary N) is 2. The van der Waals surface area contributed by atoms with Gasteiger partial charge in [0.15, 0.2) is 0 Å². The molecule has 0 aliphatic carbocycles. The number of rotatable bonds is 7. The lowest BCUT2D eigenvalue weighted by Crippen LogP contribution is -2.42. The Labute approximate surface area is 135 Å². The molecule has 3 N–H and O–H groups in total. The Balaban J connectivity index is 2.46. The van der Waals surface area contributed by atoms with Crippen LogP contribution in [0.15, 0.2) is 18.2 Å². The van der Waals surface area contributed by atoms with Gasteiger partial charge in [-0.05, 0) is 37.5 Å². The van der Waals surface area contributed by atoms with Gasteiger partial charge in [-0.25, -0.2) is 4.79 Å². The van der Waals surface area contributed by atoms with Crippen LogP contribution in [-0.4, -0.2) is 30.3 Å². The van der Waals surface area contributed by atoms with E-state index in [0.29, 0.717) is 23.0 Å².